The van der Waals surface area contributed by atoms with Crippen LogP contribution in [0.5, 0.6) is 5.75 Å². The first-order valence-corrected chi connectivity index (χ1v) is 5.13. The molecule has 1 amide bonds. The van der Waals surface area contributed by atoms with Gasteiger partial charge in [0.15, 0.2) is 11.6 Å². The lowest BCUT2D eigenvalue weighted by atomic mass is 9.92. The summed E-state index contributed by atoms with van der Waals surface area (Å²) in [4.78, 5) is 11.8. The molecular weight excluding hydrogens is 254 g/mol. The van der Waals surface area contributed by atoms with E-state index in [9.17, 15) is 22.4 Å². The summed E-state index contributed by atoms with van der Waals surface area (Å²) in [5.41, 5.74) is 0.556. The van der Waals surface area contributed by atoms with E-state index in [2.05, 4.69) is 4.74 Å². The van der Waals surface area contributed by atoms with Crippen molar-refractivity contribution in [3.8, 4) is 5.75 Å². The van der Waals surface area contributed by atoms with Gasteiger partial charge in [0.05, 0.1) is 0 Å². The zero-order valence-electron chi connectivity index (χ0n) is 9.08. The standard InChI is InChI=1S/C11H9F4NO2/c12-9-3-7(8-4-16(5-8)6-17)1-2-10(9)18-11(13,14)15/h1-3,6,8H,4-5H2. The maximum Gasteiger partial charge on any atom is 0.573 e. The van der Waals surface area contributed by atoms with Crippen LogP contribution in [0.3, 0.4) is 0 Å². The third-order valence-electron chi connectivity index (χ3n) is 2.71. The first-order valence-electron chi connectivity index (χ1n) is 5.13. The normalized spacial score (nSPS) is 16.3. The second-order valence-electron chi connectivity index (χ2n) is 3.99. The van der Waals surface area contributed by atoms with Crippen LogP contribution in [0.25, 0.3) is 0 Å². The number of rotatable bonds is 3. The highest BCUT2D eigenvalue weighted by Gasteiger charge is 2.33. The van der Waals surface area contributed by atoms with Gasteiger partial charge in [-0.25, -0.2) is 4.39 Å². The monoisotopic (exact) mass is 263 g/mol. The summed E-state index contributed by atoms with van der Waals surface area (Å²) in [6.07, 6.45) is -4.23. The molecule has 98 valence electrons. The number of likely N-dealkylation sites (tertiary alicyclic amines) is 1. The van der Waals surface area contributed by atoms with Crippen molar-refractivity contribution in [3.63, 3.8) is 0 Å². The van der Waals surface area contributed by atoms with Crippen molar-refractivity contribution in [2.45, 2.75) is 12.3 Å². The smallest absolute Gasteiger partial charge is 0.403 e. The predicted octanol–water partition coefficient (Wildman–Crippen LogP) is 2.28. The van der Waals surface area contributed by atoms with Crippen molar-refractivity contribution >= 4 is 6.41 Å². The fourth-order valence-corrected chi connectivity index (χ4v) is 1.79. The zero-order chi connectivity index (χ0) is 13.3. The molecule has 7 heteroatoms. The molecule has 1 aromatic carbocycles. The molecule has 1 aromatic rings. The summed E-state index contributed by atoms with van der Waals surface area (Å²) in [6.45, 7) is 0.894. The van der Waals surface area contributed by atoms with E-state index < -0.39 is 17.9 Å². The SMILES string of the molecule is O=CN1CC(c2ccc(OC(F)(F)F)c(F)c2)C1. The molecule has 0 N–H and O–H groups in total. The largest absolute Gasteiger partial charge is 0.573 e. The maximum atomic E-state index is 13.4. The molecule has 0 bridgehead atoms. The first kappa shape index (κ1) is 12.7. The van der Waals surface area contributed by atoms with Gasteiger partial charge in [-0.05, 0) is 17.7 Å². The summed E-state index contributed by atoms with van der Waals surface area (Å²) in [7, 11) is 0. The fraction of sp³-hybridized carbons (Fsp3) is 0.364. The molecule has 0 radical (unpaired) electrons. The minimum atomic E-state index is -4.91. The van der Waals surface area contributed by atoms with Gasteiger partial charge in [-0.1, -0.05) is 6.07 Å². The van der Waals surface area contributed by atoms with Gasteiger partial charge in [0.1, 0.15) is 0 Å². The van der Waals surface area contributed by atoms with Gasteiger partial charge in [-0.3, -0.25) is 4.79 Å². The molecule has 1 fully saturated rings. The number of ether oxygens (including phenoxy) is 1. The van der Waals surface area contributed by atoms with Gasteiger partial charge in [0.2, 0.25) is 6.41 Å². The van der Waals surface area contributed by atoms with Gasteiger partial charge >= 0.3 is 6.36 Å². The average Bonchev–Trinajstić information content (AvgIpc) is 2.18. The van der Waals surface area contributed by atoms with Gasteiger partial charge in [-0.2, -0.15) is 0 Å². The molecular formula is C11H9F4NO2. The number of hydrogen-bond donors (Lipinski definition) is 0. The van der Waals surface area contributed by atoms with E-state index in [1.165, 1.54) is 11.0 Å². The van der Waals surface area contributed by atoms with E-state index in [0.29, 0.717) is 25.1 Å². The van der Waals surface area contributed by atoms with Crippen LogP contribution in [0.1, 0.15) is 11.5 Å². The van der Waals surface area contributed by atoms with Crippen LogP contribution in [-0.4, -0.2) is 30.8 Å². The molecule has 1 saturated heterocycles. The first-order chi connectivity index (χ1) is 8.39. The summed E-state index contributed by atoms with van der Waals surface area (Å²) in [6, 6.07) is 3.33. The molecule has 0 unspecified atom stereocenters. The Morgan fingerprint density at radius 2 is 2.00 bits per heavy atom. The predicted molar refractivity (Wildman–Crippen MR) is 53.5 cm³/mol. The van der Waals surface area contributed by atoms with Crippen molar-refractivity contribution in [2.75, 3.05) is 13.1 Å². The second kappa shape index (κ2) is 4.47. The fourth-order valence-electron chi connectivity index (χ4n) is 1.79. The van der Waals surface area contributed by atoms with E-state index in [4.69, 9.17) is 0 Å². The second-order valence-corrected chi connectivity index (χ2v) is 3.99. The molecule has 18 heavy (non-hydrogen) atoms. The molecule has 2 rings (SSSR count). The Balaban J connectivity index is 2.08. The Morgan fingerprint density at radius 3 is 2.50 bits per heavy atom. The average molecular weight is 263 g/mol. The summed E-state index contributed by atoms with van der Waals surface area (Å²) >= 11 is 0. The Hall–Kier alpha value is -1.79. The molecule has 0 aromatic heterocycles. The number of benzene rings is 1. The van der Waals surface area contributed by atoms with E-state index in [-0.39, 0.29) is 5.92 Å². The Morgan fingerprint density at radius 1 is 1.33 bits per heavy atom. The molecule has 1 heterocycles. The van der Waals surface area contributed by atoms with Crippen LogP contribution in [-0.2, 0) is 4.79 Å². The third kappa shape index (κ3) is 2.72. The number of nitrogens with zero attached hydrogens (tertiary/aromatic N) is 1. The van der Waals surface area contributed by atoms with E-state index >= 15 is 0 Å². The summed E-state index contributed by atoms with van der Waals surface area (Å²) in [5, 5.41) is 0. The van der Waals surface area contributed by atoms with Crippen LogP contribution in [0.4, 0.5) is 17.6 Å². The lowest BCUT2D eigenvalue weighted by molar-refractivity contribution is -0.275. The number of alkyl halides is 3. The molecule has 3 nitrogen and oxygen atoms in total. The molecule has 0 aliphatic carbocycles. The van der Waals surface area contributed by atoms with Gasteiger partial charge < -0.3 is 9.64 Å². The zero-order valence-corrected chi connectivity index (χ0v) is 9.08. The third-order valence-corrected chi connectivity index (χ3v) is 2.71. The highest BCUT2D eigenvalue weighted by molar-refractivity contribution is 5.50. The number of halogens is 4. The van der Waals surface area contributed by atoms with Crippen molar-refractivity contribution < 1.29 is 27.1 Å². The minimum Gasteiger partial charge on any atom is -0.403 e. The molecule has 0 saturated carbocycles. The Labute approximate surface area is 99.9 Å². The van der Waals surface area contributed by atoms with Crippen LogP contribution < -0.4 is 4.74 Å². The van der Waals surface area contributed by atoms with Gasteiger partial charge in [-0.15, -0.1) is 13.2 Å². The molecule has 0 spiro atoms. The summed E-state index contributed by atoms with van der Waals surface area (Å²) in [5.74, 6) is -1.95. The summed E-state index contributed by atoms with van der Waals surface area (Å²) < 4.78 is 52.7. The van der Waals surface area contributed by atoms with Crippen LogP contribution in [0, 0.1) is 5.82 Å². The number of hydrogen-bond acceptors (Lipinski definition) is 2. The van der Waals surface area contributed by atoms with Crippen LogP contribution in [0.15, 0.2) is 18.2 Å². The van der Waals surface area contributed by atoms with Crippen LogP contribution in [0.2, 0.25) is 0 Å². The van der Waals surface area contributed by atoms with Crippen LogP contribution >= 0.6 is 0 Å². The highest BCUT2D eigenvalue weighted by atomic mass is 19.4. The molecule has 1 aliphatic heterocycles. The molecule has 0 atom stereocenters. The van der Waals surface area contributed by atoms with E-state index in [1.54, 1.807) is 0 Å². The maximum absolute atomic E-state index is 13.4. The minimum absolute atomic E-state index is 0.0374. The van der Waals surface area contributed by atoms with Gasteiger partial charge in [0, 0.05) is 19.0 Å². The quantitative estimate of drug-likeness (QED) is 0.618. The van der Waals surface area contributed by atoms with Crippen molar-refractivity contribution in [1.82, 2.24) is 4.90 Å². The topological polar surface area (TPSA) is 29.5 Å². The lowest BCUT2D eigenvalue weighted by Crippen LogP contribution is -2.43. The Bertz CT molecular complexity index is 455. The highest BCUT2D eigenvalue weighted by Crippen LogP contribution is 2.31. The lowest BCUT2D eigenvalue weighted by Gasteiger charge is -2.36. The van der Waals surface area contributed by atoms with E-state index in [0.717, 1.165) is 12.1 Å². The van der Waals surface area contributed by atoms with Crippen molar-refractivity contribution in [1.29, 1.82) is 0 Å². The number of carbonyl (C=O) groups is 1. The number of carbonyl (C=O) groups excluding carboxylic acids is 1. The Kier molecular flexibility index (Phi) is 3.14. The van der Waals surface area contributed by atoms with Gasteiger partial charge in [0.25, 0.3) is 0 Å². The van der Waals surface area contributed by atoms with E-state index in [1.807, 2.05) is 0 Å². The number of amides is 1. The molecule has 1 aliphatic rings. The van der Waals surface area contributed by atoms with Crippen molar-refractivity contribution in [3.05, 3.63) is 29.6 Å². The van der Waals surface area contributed by atoms with Crippen molar-refractivity contribution in [2.24, 2.45) is 0 Å².